The molecule has 1 aliphatic rings. The van der Waals surface area contributed by atoms with E-state index in [2.05, 4.69) is 38.1 Å². The van der Waals surface area contributed by atoms with Crippen molar-refractivity contribution in [1.29, 1.82) is 0 Å². The van der Waals surface area contributed by atoms with E-state index in [9.17, 15) is 8.42 Å². The molecule has 4 nitrogen and oxygen atoms in total. The molecule has 1 aliphatic heterocycles. The lowest BCUT2D eigenvalue weighted by atomic mass is 9.90. The number of rotatable bonds is 4. The quantitative estimate of drug-likeness (QED) is 0.850. The molecular weight excluding hydrogens is 352 g/mol. The molecule has 2 atom stereocenters. The van der Waals surface area contributed by atoms with E-state index in [4.69, 9.17) is 0 Å². The van der Waals surface area contributed by atoms with E-state index in [1.807, 2.05) is 12.1 Å². The second-order valence-corrected chi connectivity index (χ2v) is 7.45. The van der Waals surface area contributed by atoms with Crippen LogP contribution in [0.2, 0.25) is 0 Å². The van der Waals surface area contributed by atoms with Gasteiger partial charge in [-0.1, -0.05) is 28.1 Å². The lowest BCUT2D eigenvalue weighted by Gasteiger charge is -2.18. The van der Waals surface area contributed by atoms with Crippen molar-refractivity contribution in [3.63, 3.8) is 0 Å². The first-order valence-electron chi connectivity index (χ1n) is 5.89. The van der Waals surface area contributed by atoms with Crippen LogP contribution in [-0.4, -0.2) is 34.3 Å². The first kappa shape index (κ1) is 16.9. The number of halogens is 2. The van der Waals surface area contributed by atoms with Gasteiger partial charge in [0.05, 0.1) is 5.75 Å². The SMILES string of the molecule is CNS(=O)(=O)CC1CNCC1c1ccc(Br)cc1.Cl. The van der Waals surface area contributed by atoms with Crippen LogP contribution in [-0.2, 0) is 10.0 Å². The van der Waals surface area contributed by atoms with Crippen LogP contribution in [0.1, 0.15) is 11.5 Å². The highest BCUT2D eigenvalue weighted by Gasteiger charge is 2.31. The third-order valence-corrected chi connectivity index (χ3v) is 5.40. The van der Waals surface area contributed by atoms with Crippen molar-refractivity contribution in [2.75, 3.05) is 25.9 Å². The van der Waals surface area contributed by atoms with Crippen molar-refractivity contribution >= 4 is 38.4 Å². The minimum absolute atomic E-state index is 0. The Balaban J connectivity index is 0.00000180. The Kier molecular flexibility index (Phi) is 6.26. The third kappa shape index (κ3) is 4.43. The van der Waals surface area contributed by atoms with Gasteiger partial charge in [-0.15, -0.1) is 12.4 Å². The molecule has 7 heteroatoms. The average molecular weight is 370 g/mol. The molecule has 1 aromatic rings. The van der Waals surface area contributed by atoms with Gasteiger partial charge in [0, 0.05) is 16.9 Å². The maximum atomic E-state index is 11.6. The van der Waals surface area contributed by atoms with Crippen molar-refractivity contribution in [3.05, 3.63) is 34.3 Å². The molecule has 1 fully saturated rings. The van der Waals surface area contributed by atoms with Crippen LogP contribution in [0.4, 0.5) is 0 Å². The minimum Gasteiger partial charge on any atom is -0.316 e. The maximum Gasteiger partial charge on any atom is 0.211 e. The molecule has 1 heterocycles. The molecule has 0 radical (unpaired) electrons. The van der Waals surface area contributed by atoms with Gasteiger partial charge in [-0.2, -0.15) is 0 Å². The van der Waals surface area contributed by atoms with E-state index in [-0.39, 0.29) is 30.0 Å². The summed E-state index contributed by atoms with van der Waals surface area (Å²) in [6.45, 7) is 1.59. The van der Waals surface area contributed by atoms with Gasteiger partial charge in [-0.05, 0) is 37.2 Å². The zero-order valence-electron chi connectivity index (χ0n) is 10.6. The Hall–Kier alpha value is -0.140. The van der Waals surface area contributed by atoms with Gasteiger partial charge >= 0.3 is 0 Å². The molecule has 2 unspecified atom stereocenters. The summed E-state index contributed by atoms with van der Waals surface area (Å²) in [7, 11) is -1.69. The second-order valence-electron chi connectivity index (χ2n) is 4.56. The number of benzene rings is 1. The van der Waals surface area contributed by atoms with Crippen molar-refractivity contribution in [3.8, 4) is 0 Å². The van der Waals surface area contributed by atoms with Crippen molar-refractivity contribution < 1.29 is 8.42 Å². The predicted octanol–water partition coefficient (Wildman–Crippen LogP) is 1.72. The summed E-state index contributed by atoms with van der Waals surface area (Å²) in [5, 5.41) is 3.28. The van der Waals surface area contributed by atoms with Crippen LogP contribution in [0.25, 0.3) is 0 Å². The van der Waals surface area contributed by atoms with Crippen molar-refractivity contribution in [2.45, 2.75) is 5.92 Å². The summed E-state index contributed by atoms with van der Waals surface area (Å²) in [4.78, 5) is 0. The molecule has 0 aliphatic carbocycles. The first-order chi connectivity index (χ1) is 8.52. The highest BCUT2D eigenvalue weighted by Crippen LogP contribution is 2.29. The fraction of sp³-hybridized carbons (Fsp3) is 0.500. The minimum atomic E-state index is -3.15. The zero-order chi connectivity index (χ0) is 13.2. The van der Waals surface area contributed by atoms with Crippen molar-refractivity contribution in [1.82, 2.24) is 10.0 Å². The summed E-state index contributed by atoms with van der Waals surface area (Å²) < 4.78 is 26.7. The molecule has 19 heavy (non-hydrogen) atoms. The Labute approximate surface area is 128 Å². The molecule has 108 valence electrons. The van der Waals surface area contributed by atoms with Gasteiger partial charge in [-0.25, -0.2) is 13.1 Å². The number of hydrogen-bond donors (Lipinski definition) is 2. The molecule has 0 spiro atoms. The van der Waals surface area contributed by atoms with Gasteiger partial charge in [0.15, 0.2) is 0 Å². The van der Waals surface area contributed by atoms with Crippen molar-refractivity contribution in [2.24, 2.45) is 5.92 Å². The summed E-state index contributed by atoms with van der Waals surface area (Å²) in [6, 6.07) is 8.11. The summed E-state index contributed by atoms with van der Waals surface area (Å²) in [6.07, 6.45) is 0. The van der Waals surface area contributed by atoms with Crippen LogP contribution >= 0.6 is 28.3 Å². The van der Waals surface area contributed by atoms with Gasteiger partial charge in [-0.3, -0.25) is 0 Å². The Morgan fingerprint density at radius 3 is 2.53 bits per heavy atom. The van der Waals surface area contributed by atoms with Gasteiger partial charge in [0.25, 0.3) is 0 Å². The molecule has 1 aromatic carbocycles. The van der Waals surface area contributed by atoms with E-state index in [1.54, 1.807) is 0 Å². The molecule has 2 N–H and O–H groups in total. The fourth-order valence-corrected chi connectivity index (χ4v) is 3.72. The molecule has 1 saturated heterocycles. The van der Waals surface area contributed by atoms with Crippen LogP contribution < -0.4 is 10.0 Å². The van der Waals surface area contributed by atoms with E-state index in [0.717, 1.165) is 17.6 Å². The smallest absolute Gasteiger partial charge is 0.211 e. The number of sulfonamides is 1. The number of nitrogens with one attached hydrogen (secondary N) is 2. The predicted molar refractivity (Wildman–Crippen MR) is 83.3 cm³/mol. The zero-order valence-corrected chi connectivity index (χ0v) is 13.8. The van der Waals surface area contributed by atoms with Gasteiger partial charge in [0.1, 0.15) is 0 Å². The third-order valence-electron chi connectivity index (χ3n) is 3.38. The van der Waals surface area contributed by atoms with Crippen LogP contribution in [0.5, 0.6) is 0 Å². The Bertz CT molecular complexity index is 507. The van der Waals surface area contributed by atoms with Crippen LogP contribution in [0.15, 0.2) is 28.7 Å². The van der Waals surface area contributed by atoms with Gasteiger partial charge in [0.2, 0.25) is 10.0 Å². The fourth-order valence-electron chi connectivity index (χ4n) is 2.37. The normalized spacial score (nSPS) is 23.1. The molecular formula is C12H18BrClN2O2S. The Morgan fingerprint density at radius 1 is 1.32 bits per heavy atom. The lowest BCUT2D eigenvalue weighted by Crippen LogP contribution is -2.29. The molecule has 0 amide bonds. The highest BCUT2D eigenvalue weighted by atomic mass is 79.9. The lowest BCUT2D eigenvalue weighted by molar-refractivity contribution is 0.537. The van der Waals surface area contributed by atoms with E-state index >= 15 is 0 Å². The second kappa shape index (κ2) is 7.04. The van der Waals surface area contributed by atoms with E-state index < -0.39 is 10.0 Å². The molecule has 2 rings (SSSR count). The largest absolute Gasteiger partial charge is 0.316 e. The topological polar surface area (TPSA) is 58.2 Å². The van der Waals surface area contributed by atoms with Gasteiger partial charge < -0.3 is 5.32 Å². The summed E-state index contributed by atoms with van der Waals surface area (Å²) >= 11 is 3.41. The van der Waals surface area contributed by atoms with E-state index in [1.165, 1.54) is 12.6 Å². The van der Waals surface area contributed by atoms with E-state index in [0.29, 0.717) is 0 Å². The summed E-state index contributed by atoms with van der Waals surface area (Å²) in [5.41, 5.74) is 1.19. The first-order valence-corrected chi connectivity index (χ1v) is 8.34. The Morgan fingerprint density at radius 2 is 1.95 bits per heavy atom. The standard InChI is InChI=1S/C12H17BrN2O2S.ClH/c1-14-18(16,17)8-10-6-15-7-12(10)9-2-4-11(13)5-3-9;/h2-5,10,12,14-15H,6-8H2,1H3;1H. The molecule has 0 bridgehead atoms. The molecule has 0 saturated carbocycles. The maximum absolute atomic E-state index is 11.6. The molecule has 0 aromatic heterocycles. The number of hydrogen-bond acceptors (Lipinski definition) is 3. The van der Waals surface area contributed by atoms with Crippen LogP contribution in [0, 0.1) is 5.92 Å². The highest BCUT2D eigenvalue weighted by molar-refractivity contribution is 9.10. The van der Waals surface area contributed by atoms with Crippen LogP contribution in [0.3, 0.4) is 0 Å². The summed E-state index contributed by atoms with van der Waals surface area (Å²) in [5.74, 6) is 0.571. The average Bonchev–Trinajstić information content (AvgIpc) is 2.77. The monoisotopic (exact) mass is 368 g/mol.